The summed E-state index contributed by atoms with van der Waals surface area (Å²) in [5, 5.41) is 0. The normalized spacial score (nSPS) is 15.1. The number of ether oxygens (including phenoxy) is 1. The number of nitrogens with zero attached hydrogens (tertiary/aromatic N) is 3. The fraction of sp³-hybridized carbons (Fsp3) is 0.346. The summed E-state index contributed by atoms with van der Waals surface area (Å²) in [6.07, 6.45) is 3.53. The first-order chi connectivity index (χ1) is 16.8. The van der Waals surface area contributed by atoms with Crippen LogP contribution >= 0.6 is 0 Å². The van der Waals surface area contributed by atoms with Gasteiger partial charge in [-0.15, -0.1) is 0 Å². The molecule has 0 atom stereocenters. The third-order valence-electron chi connectivity index (χ3n) is 6.46. The molecule has 1 aliphatic rings. The van der Waals surface area contributed by atoms with Gasteiger partial charge in [0.15, 0.2) is 6.61 Å². The van der Waals surface area contributed by atoms with Crippen molar-refractivity contribution < 1.29 is 22.7 Å². The summed E-state index contributed by atoms with van der Waals surface area (Å²) in [7, 11) is -3.64. The highest BCUT2D eigenvalue weighted by atomic mass is 32.2. The third kappa shape index (κ3) is 5.52. The SMILES string of the molecule is Cc1cc(C(=O)COC(=O)C2CCN(S(=O)(=O)c3cccnc3)CC2)c(C)n1Cc1ccccc1. The second-order valence-electron chi connectivity index (χ2n) is 8.75. The molecule has 8 nitrogen and oxygen atoms in total. The number of aromatic nitrogens is 2. The van der Waals surface area contributed by atoms with E-state index in [0.29, 0.717) is 24.9 Å². The van der Waals surface area contributed by atoms with Gasteiger partial charge in [0.2, 0.25) is 15.8 Å². The van der Waals surface area contributed by atoms with Crippen LogP contribution in [0, 0.1) is 19.8 Å². The highest BCUT2D eigenvalue weighted by Gasteiger charge is 2.33. The number of benzene rings is 1. The number of piperidine rings is 1. The molecule has 2 aromatic heterocycles. The minimum atomic E-state index is -3.64. The molecule has 0 amide bonds. The van der Waals surface area contributed by atoms with E-state index in [9.17, 15) is 18.0 Å². The molecule has 0 spiro atoms. The van der Waals surface area contributed by atoms with E-state index in [1.165, 1.54) is 22.8 Å². The Morgan fingerprint density at radius 3 is 2.43 bits per heavy atom. The number of carbonyl (C=O) groups is 2. The average molecular weight is 496 g/mol. The molecule has 35 heavy (non-hydrogen) atoms. The molecular formula is C26H29N3O5S. The number of hydrogen-bond donors (Lipinski definition) is 0. The van der Waals surface area contributed by atoms with E-state index in [1.54, 1.807) is 6.07 Å². The summed E-state index contributed by atoms with van der Waals surface area (Å²) in [5.41, 5.74) is 3.48. The molecular weight excluding hydrogens is 466 g/mol. The molecule has 0 saturated carbocycles. The van der Waals surface area contributed by atoms with Crippen molar-refractivity contribution in [1.82, 2.24) is 13.9 Å². The quantitative estimate of drug-likeness (QED) is 0.351. The van der Waals surface area contributed by atoms with Gasteiger partial charge in [0.1, 0.15) is 4.90 Å². The number of sulfonamides is 1. The molecule has 3 heterocycles. The van der Waals surface area contributed by atoms with E-state index in [1.807, 2.05) is 50.2 Å². The number of pyridine rings is 1. The summed E-state index contributed by atoms with van der Waals surface area (Å²) in [6.45, 7) is 4.60. The summed E-state index contributed by atoms with van der Waals surface area (Å²) in [5.74, 6) is -1.15. The van der Waals surface area contributed by atoms with Crippen molar-refractivity contribution in [3.8, 4) is 0 Å². The first kappa shape index (κ1) is 24.8. The molecule has 0 aliphatic carbocycles. The summed E-state index contributed by atoms with van der Waals surface area (Å²) in [6, 6.07) is 14.9. The van der Waals surface area contributed by atoms with E-state index in [0.717, 1.165) is 17.0 Å². The maximum absolute atomic E-state index is 12.8. The zero-order chi connectivity index (χ0) is 25.0. The van der Waals surface area contributed by atoms with Crippen LogP contribution in [0.5, 0.6) is 0 Å². The predicted molar refractivity (Wildman–Crippen MR) is 130 cm³/mol. The van der Waals surface area contributed by atoms with Crippen LogP contribution < -0.4 is 0 Å². The molecule has 0 radical (unpaired) electrons. The van der Waals surface area contributed by atoms with Gasteiger partial charge in [-0.05, 0) is 50.5 Å². The number of rotatable bonds is 8. The average Bonchev–Trinajstić information content (AvgIpc) is 3.16. The Kier molecular flexibility index (Phi) is 7.47. The molecule has 0 N–H and O–H groups in total. The van der Waals surface area contributed by atoms with Crippen molar-refractivity contribution in [3.05, 3.63) is 83.4 Å². The Balaban J connectivity index is 1.32. The molecule has 0 unspecified atom stereocenters. The zero-order valence-corrected chi connectivity index (χ0v) is 20.7. The zero-order valence-electron chi connectivity index (χ0n) is 19.9. The van der Waals surface area contributed by atoms with E-state index >= 15 is 0 Å². The lowest BCUT2D eigenvalue weighted by atomic mass is 9.98. The second-order valence-corrected chi connectivity index (χ2v) is 10.7. The number of ketones is 1. The van der Waals surface area contributed by atoms with E-state index in [-0.39, 0.29) is 30.4 Å². The van der Waals surface area contributed by atoms with Crippen LogP contribution in [0.4, 0.5) is 0 Å². The van der Waals surface area contributed by atoms with Crippen molar-refractivity contribution in [3.63, 3.8) is 0 Å². The van der Waals surface area contributed by atoms with Gasteiger partial charge in [0.25, 0.3) is 0 Å². The Bertz CT molecular complexity index is 1300. The van der Waals surface area contributed by atoms with Crippen LogP contribution in [0.2, 0.25) is 0 Å². The van der Waals surface area contributed by atoms with E-state index in [2.05, 4.69) is 9.55 Å². The van der Waals surface area contributed by atoms with E-state index in [4.69, 9.17) is 4.74 Å². The fourth-order valence-corrected chi connectivity index (χ4v) is 5.84. The second kappa shape index (κ2) is 10.5. The third-order valence-corrected chi connectivity index (χ3v) is 8.34. The minimum absolute atomic E-state index is 0.136. The minimum Gasteiger partial charge on any atom is -0.457 e. The lowest BCUT2D eigenvalue weighted by Gasteiger charge is -2.29. The van der Waals surface area contributed by atoms with Gasteiger partial charge in [-0.25, -0.2) is 8.42 Å². The molecule has 1 saturated heterocycles. The fourth-order valence-electron chi connectivity index (χ4n) is 4.41. The summed E-state index contributed by atoms with van der Waals surface area (Å²) < 4.78 is 34.3. The number of aryl methyl sites for hydroxylation is 1. The van der Waals surface area contributed by atoms with E-state index < -0.39 is 21.9 Å². The number of esters is 1. The molecule has 3 aromatic rings. The highest BCUT2D eigenvalue weighted by Crippen LogP contribution is 2.25. The van der Waals surface area contributed by atoms with Crippen LogP contribution in [0.3, 0.4) is 0 Å². The number of Topliss-reactive ketones (excluding diaryl/α,β-unsaturated/α-hetero) is 1. The van der Waals surface area contributed by atoms with Crippen molar-refractivity contribution in [1.29, 1.82) is 0 Å². The Morgan fingerprint density at radius 1 is 1.06 bits per heavy atom. The monoisotopic (exact) mass is 495 g/mol. The molecule has 1 fully saturated rings. The number of hydrogen-bond acceptors (Lipinski definition) is 6. The molecule has 9 heteroatoms. The van der Waals surface area contributed by atoms with Crippen LogP contribution in [0.15, 0.2) is 65.8 Å². The van der Waals surface area contributed by atoms with Gasteiger partial charge in [0, 0.05) is 49.0 Å². The molecule has 1 aromatic carbocycles. The first-order valence-corrected chi connectivity index (χ1v) is 13.0. The smallest absolute Gasteiger partial charge is 0.309 e. The largest absolute Gasteiger partial charge is 0.457 e. The van der Waals surface area contributed by atoms with Crippen molar-refractivity contribution in [2.75, 3.05) is 19.7 Å². The summed E-state index contributed by atoms with van der Waals surface area (Å²) in [4.78, 5) is 29.4. The Hall–Kier alpha value is -3.30. The Morgan fingerprint density at radius 2 is 1.77 bits per heavy atom. The lowest BCUT2D eigenvalue weighted by molar-refractivity contribution is -0.148. The van der Waals surface area contributed by atoms with Gasteiger partial charge in [-0.3, -0.25) is 14.6 Å². The Labute approximate surface area is 205 Å². The predicted octanol–water partition coefficient (Wildman–Crippen LogP) is 3.38. The topological polar surface area (TPSA) is 98.6 Å². The molecule has 4 rings (SSSR count). The lowest BCUT2D eigenvalue weighted by Crippen LogP contribution is -2.40. The highest BCUT2D eigenvalue weighted by molar-refractivity contribution is 7.89. The van der Waals surface area contributed by atoms with Crippen LogP contribution in [0.25, 0.3) is 0 Å². The van der Waals surface area contributed by atoms with Crippen molar-refractivity contribution in [2.45, 2.75) is 38.1 Å². The van der Waals surface area contributed by atoms with Gasteiger partial charge in [-0.1, -0.05) is 30.3 Å². The first-order valence-electron chi connectivity index (χ1n) is 11.6. The maximum atomic E-state index is 12.8. The molecule has 184 valence electrons. The van der Waals surface area contributed by atoms with Crippen molar-refractivity contribution >= 4 is 21.8 Å². The molecule has 1 aliphatic heterocycles. The van der Waals surface area contributed by atoms with Crippen molar-refractivity contribution in [2.24, 2.45) is 5.92 Å². The van der Waals surface area contributed by atoms with Crippen LogP contribution in [0.1, 0.15) is 40.2 Å². The summed E-state index contributed by atoms with van der Waals surface area (Å²) >= 11 is 0. The van der Waals surface area contributed by atoms with Gasteiger partial charge in [-0.2, -0.15) is 4.31 Å². The number of carbonyl (C=O) groups excluding carboxylic acids is 2. The van der Waals surface area contributed by atoms with Crippen LogP contribution in [-0.4, -0.2) is 53.7 Å². The standard InChI is InChI=1S/C26H29N3O5S/c1-19-15-24(20(2)29(19)17-21-7-4-3-5-8-21)25(30)18-34-26(31)22-10-13-28(14-11-22)35(32,33)23-9-6-12-27-16-23/h3-9,12,15-16,22H,10-11,13-14,17-18H2,1-2H3. The van der Waals surface area contributed by atoms with Gasteiger partial charge in [0.05, 0.1) is 5.92 Å². The van der Waals surface area contributed by atoms with Crippen LogP contribution in [-0.2, 0) is 26.1 Å². The molecule has 0 bridgehead atoms. The van der Waals surface area contributed by atoms with Gasteiger partial charge < -0.3 is 9.30 Å². The maximum Gasteiger partial charge on any atom is 0.309 e. The van der Waals surface area contributed by atoms with Gasteiger partial charge >= 0.3 is 5.97 Å².